The summed E-state index contributed by atoms with van der Waals surface area (Å²) in [4.78, 5) is 0. The molecule has 0 saturated carbocycles. The van der Waals surface area contributed by atoms with Crippen LogP contribution in [0.2, 0.25) is 0 Å². The molecule has 2 heterocycles. The average molecular weight is 318 g/mol. The number of benzene rings is 1. The van der Waals surface area contributed by atoms with Crippen LogP contribution in [-0.4, -0.2) is 24.9 Å². The summed E-state index contributed by atoms with van der Waals surface area (Å²) in [5.74, 6) is 0.371. The Morgan fingerprint density at radius 3 is 2.26 bits per heavy atom. The Bertz CT molecular complexity index is 578. The predicted molar refractivity (Wildman–Crippen MR) is 91.4 cm³/mol. The molecule has 1 saturated heterocycles. The predicted octanol–water partition coefficient (Wildman–Crippen LogP) is 4.17. The monoisotopic (exact) mass is 318 g/mol. The van der Waals surface area contributed by atoms with Crippen LogP contribution < -0.4 is 0 Å². The molecule has 128 valence electrons. The summed E-state index contributed by atoms with van der Waals surface area (Å²) in [6.45, 7) is 15.1. The molecule has 3 heteroatoms. The molecule has 2 bridgehead atoms. The lowest BCUT2D eigenvalue weighted by atomic mass is 9.71. The maximum Gasteiger partial charge on any atom is 0.0888 e. The minimum atomic E-state index is -0.0524. The molecule has 1 aromatic rings. The minimum Gasteiger partial charge on any atom is -0.374 e. The first-order valence-corrected chi connectivity index (χ1v) is 8.74. The number of ether oxygens (including phenoxy) is 3. The number of aryl methyl sites for hydroxylation is 2. The molecular formula is C20H30O3. The van der Waals surface area contributed by atoms with Crippen LogP contribution in [0.5, 0.6) is 0 Å². The minimum absolute atomic E-state index is 0.0524. The van der Waals surface area contributed by atoms with E-state index in [2.05, 4.69) is 53.7 Å². The normalized spacial score (nSPS) is 33.8. The Hall–Kier alpha value is -0.900. The molecule has 0 radical (unpaired) electrons. The highest BCUT2D eigenvalue weighted by Crippen LogP contribution is 2.42. The number of hydrogen-bond acceptors (Lipinski definition) is 3. The standard InChI is InChI=1S/C20H30O3/c1-12-7-16-9-21-11-18-20(5,6)19(14(3)15(4)23-18)22-10-17(16)8-13(12)2/h7-8,14-15,18-19H,9-11H2,1-6H3/t14-,15+,18?,19?/m1/s1. The van der Waals surface area contributed by atoms with Gasteiger partial charge in [0.15, 0.2) is 0 Å². The third-order valence-corrected chi connectivity index (χ3v) is 5.92. The first-order chi connectivity index (χ1) is 10.8. The van der Waals surface area contributed by atoms with E-state index in [-0.39, 0.29) is 23.7 Å². The number of rotatable bonds is 0. The van der Waals surface area contributed by atoms with E-state index in [4.69, 9.17) is 14.2 Å². The van der Waals surface area contributed by atoms with Gasteiger partial charge in [0.25, 0.3) is 0 Å². The molecular weight excluding hydrogens is 288 g/mol. The Balaban J connectivity index is 1.95. The van der Waals surface area contributed by atoms with Crippen LogP contribution >= 0.6 is 0 Å². The van der Waals surface area contributed by atoms with E-state index in [1.54, 1.807) is 0 Å². The topological polar surface area (TPSA) is 27.7 Å². The third kappa shape index (κ3) is 3.07. The van der Waals surface area contributed by atoms with E-state index < -0.39 is 0 Å². The van der Waals surface area contributed by atoms with Crippen molar-refractivity contribution in [1.29, 1.82) is 0 Å². The Labute approximate surface area is 140 Å². The van der Waals surface area contributed by atoms with Gasteiger partial charge in [-0.2, -0.15) is 0 Å². The molecule has 2 unspecified atom stereocenters. The van der Waals surface area contributed by atoms with Gasteiger partial charge in [-0.05, 0) is 43.0 Å². The average Bonchev–Trinajstić information content (AvgIpc) is 2.47. The largest absolute Gasteiger partial charge is 0.374 e. The van der Waals surface area contributed by atoms with Crippen molar-refractivity contribution >= 4 is 0 Å². The van der Waals surface area contributed by atoms with E-state index >= 15 is 0 Å². The van der Waals surface area contributed by atoms with Crippen molar-refractivity contribution in [3.05, 3.63) is 34.4 Å². The summed E-state index contributed by atoms with van der Waals surface area (Å²) in [6.07, 6.45) is 0.444. The highest BCUT2D eigenvalue weighted by atomic mass is 16.6. The Kier molecular flexibility index (Phi) is 4.56. The van der Waals surface area contributed by atoms with Gasteiger partial charge < -0.3 is 14.2 Å². The van der Waals surface area contributed by atoms with Gasteiger partial charge in [-0.25, -0.2) is 0 Å². The van der Waals surface area contributed by atoms with Crippen LogP contribution in [0.4, 0.5) is 0 Å². The van der Waals surface area contributed by atoms with Crippen LogP contribution in [0, 0.1) is 25.2 Å². The van der Waals surface area contributed by atoms with Crippen molar-refractivity contribution in [3.8, 4) is 0 Å². The van der Waals surface area contributed by atoms with E-state index in [0.29, 0.717) is 25.7 Å². The second-order valence-electron chi connectivity index (χ2n) is 7.96. The van der Waals surface area contributed by atoms with Crippen molar-refractivity contribution < 1.29 is 14.2 Å². The second kappa shape index (κ2) is 6.19. The Morgan fingerprint density at radius 2 is 1.61 bits per heavy atom. The molecule has 1 fully saturated rings. The summed E-state index contributed by atoms with van der Waals surface area (Å²) in [5, 5.41) is 0. The molecule has 1 aromatic carbocycles. The lowest BCUT2D eigenvalue weighted by Gasteiger charge is -2.50. The second-order valence-corrected chi connectivity index (χ2v) is 7.96. The van der Waals surface area contributed by atoms with Crippen molar-refractivity contribution in [1.82, 2.24) is 0 Å². The molecule has 0 spiro atoms. The number of hydrogen-bond donors (Lipinski definition) is 0. The van der Waals surface area contributed by atoms with Crippen molar-refractivity contribution in [2.45, 2.75) is 73.1 Å². The van der Waals surface area contributed by atoms with E-state index in [0.717, 1.165) is 0 Å². The van der Waals surface area contributed by atoms with Gasteiger partial charge in [0.1, 0.15) is 0 Å². The zero-order chi connectivity index (χ0) is 16.8. The molecule has 3 nitrogen and oxygen atoms in total. The third-order valence-electron chi connectivity index (χ3n) is 5.92. The fourth-order valence-electron chi connectivity index (χ4n) is 3.95. The van der Waals surface area contributed by atoms with Gasteiger partial charge in [-0.15, -0.1) is 0 Å². The molecule has 3 rings (SSSR count). The van der Waals surface area contributed by atoms with Crippen molar-refractivity contribution in [3.63, 3.8) is 0 Å². The summed E-state index contributed by atoms with van der Waals surface area (Å²) in [5.41, 5.74) is 5.07. The van der Waals surface area contributed by atoms with E-state index in [1.807, 2.05) is 0 Å². The summed E-state index contributed by atoms with van der Waals surface area (Å²) < 4.78 is 18.8. The van der Waals surface area contributed by atoms with Gasteiger partial charge in [-0.3, -0.25) is 0 Å². The van der Waals surface area contributed by atoms with Gasteiger partial charge in [0.2, 0.25) is 0 Å². The van der Waals surface area contributed by atoms with Crippen molar-refractivity contribution in [2.75, 3.05) is 6.61 Å². The number of fused-ring (bicyclic) bond motifs is 3. The van der Waals surface area contributed by atoms with E-state index in [9.17, 15) is 0 Å². The maximum absolute atomic E-state index is 6.47. The summed E-state index contributed by atoms with van der Waals surface area (Å²) >= 11 is 0. The summed E-state index contributed by atoms with van der Waals surface area (Å²) in [6, 6.07) is 4.50. The molecule has 4 atom stereocenters. The molecule has 23 heavy (non-hydrogen) atoms. The molecule has 2 aliphatic rings. The molecule has 0 amide bonds. The maximum atomic E-state index is 6.47. The van der Waals surface area contributed by atoms with Crippen molar-refractivity contribution in [2.24, 2.45) is 11.3 Å². The Morgan fingerprint density at radius 1 is 1.00 bits per heavy atom. The molecule has 0 aromatic heterocycles. The van der Waals surface area contributed by atoms with Crippen LogP contribution in [-0.2, 0) is 27.4 Å². The van der Waals surface area contributed by atoms with E-state index in [1.165, 1.54) is 22.3 Å². The zero-order valence-electron chi connectivity index (χ0n) is 15.3. The summed E-state index contributed by atoms with van der Waals surface area (Å²) in [7, 11) is 0. The van der Waals surface area contributed by atoms with Crippen LogP contribution in [0.25, 0.3) is 0 Å². The van der Waals surface area contributed by atoms with Crippen LogP contribution in [0.3, 0.4) is 0 Å². The van der Waals surface area contributed by atoms with Gasteiger partial charge in [0.05, 0.1) is 38.1 Å². The van der Waals surface area contributed by atoms with Crippen LogP contribution in [0.15, 0.2) is 12.1 Å². The lowest BCUT2D eigenvalue weighted by Crippen LogP contribution is -2.57. The quantitative estimate of drug-likeness (QED) is 0.718. The van der Waals surface area contributed by atoms with Gasteiger partial charge in [0, 0.05) is 11.3 Å². The van der Waals surface area contributed by atoms with Gasteiger partial charge in [-0.1, -0.05) is 32.9 Å². The highest BCUT2D eigenvalue weighted by molar-refractivity contribution is 5.36. The van der Waals surface area contributed by atoms with Gasteiger partial charge >= 0.3 is 0 Å². The first kappa shape index (κ1) is 16.9. The molecule has 2 aliphatic heterocycles. The molecule has 0 aliphatic carbocycles. The fraction of sp³-hybridized carbons (Fsp3) is 0.700. The SMILES string of the molecule is Cc1cc2c(cc1C)COC1[C@H](C)[C@H](C)OC(COC2)C1(C)C. The zero-order valence-corrected chi connectivity index (χ0v) is 15.3. The molecule has 0 N–H and O–H groups in total. The lowest BCUT2D eigenvalue weighted by molar-refractivity contribution is -0.232. The first-order valence-electron chi connectivity index (χ1n) is 8.74. The van der Waals surface area contributed by atoms with Crippen LogP contribution in [0.1, 0.15) is 49.9 Å². The highest BCUT2D eigenvalue weighted by Gasteiger charge is 2.48. The fourth-order valence-corrected chi connectivity index (χ4v) is 3.95. The smallest absolute Gasteiger partial charge is 0.0888 e.